The van der Waals surface area contributed by atoms with Gasteiger partial charge in [-0.1, -0.05) is 17.3 Å². The summed E-state index contributed by atoms with van der Waals surface area (Å²) in [5.74, 6) is 0.809. The van der Waals surface area contributed by atoms with E-state index < -0.39 is 11.7 Å². The molecule has 35 heavy (non-hydrogen) atoms. The number of halogens is 3. The Morgan fingerprint density at radius 2 is 1.74 bits per heavy atom. The highest BCUT2D eigenvalue weighted by Crippen LogP contribution is 2.31. The number of benzene rings is 3. The maximum atomic E-state index is 12.9. The highest BCUT2D eigenvalue weighted by atomic mass is 19.4. The first-order valence-corrected chi connectivity index (χ1v) is 10.3. The van der Waals surface area contributed by atoms with Crippen LogP contribution in [0.5, 0.6) is 11.5 Å². The minimum absolute atomic E-state index is 0.00209. The number of alkyl halides is 3. The Hall–Kier alpha value is -4.60. The van der Waals surface area contributed by atoms with Crippen LogP contribution in [0.2, 0.25) is 0 Å². The Kier molecular flexibility index (Phi) is 5.48. The van der Waals surface area contributed by atoms with E-state index in [4.69, 9.17) is 13.7 Å². The van der Waals surface area contributed by atoms with E-state index in [0.29, 0.717) is 22.5 Å². The van der Waals surface area contributed by atoms with Gasteiger partial charge in [0, 0.05) is 23.3 Å². The van der Waals surface area contributed by atoms with Crippen LogP contribution in [-0.2, 0) is 12.8 Å². The van der Waals surface area contributed by atoms with Gasteiger partial charge in [-0.25, -0.2) is 0 Å². The number of hydrogen-bond donors (Lipinski definition) is 1. The van der Waals surface area contributed by atoms with Crippen LogP contribution < -0.4 is 10.2 Å². The summed E-state index contributed by atoms with van der Waals surface area (Å²) >= 11 is 0. The lowest BCUT2D eigenvalue weighted by molar-refractivity contribution is -0.137. The van der Waals surface area contributed by atoms with Crippen molar-refractivity contribution < 1.29 is 32.0 Å². The molecule has 0 unspecified atom stereocenters. The molecule has 2 aromatic heterocycles. The molecule has 0 saturated carbocycles. The smallest absolute Gasteiger partial charge is 0.416 e. The summed E-state index contributed by atoms with van der Waals surface area (Å²) in [6, 6.07) is 16.8. The molecule has 3 aromatic carbocycles. The number of aromatic hydroxyl groups is 1. The largest absolute Gasteiger partial charge is 0.508 e. The maximum Gasteiger partial charge on any atom is 0.416 e. The van der Waals surface area contributed by atoms with Crippen molar-refractivity contribution in [2.45, 2.75) is 12.8 Å². The molecule has 10 heteroatoms. The van der Waals surface area contributed by atoms with Crippen molar-refractivity contribution in [3.63, 3.8) is 0 Å². The fourth-order valence-corrected chi connectivity index (χ4v) is 3.40. The average Bonchev–Trinajstić information content (AvgIpc) is 3.32. The predicted octanol–water partition coefficient (Wildman–Crippen LogP) is 5.81. The summed E-state index contributed by atoms with van der Waals surface area (Å²) < 4.78 is 55.5. The number of phenolic OH excluding ortho intramolecular Hbond substituents is 1. The lowest BCUT2D eigenvalue weighted by Crippen LogP contribution is -2.04. The van der Waals surface area contributed by atoms with E-state index in [1.807, 2.05) is 0 Å². The van der Waals surface area contributed by atoms with Gasteiger partial charge in [0.2, 0.25) is 5.82 Å². The lowest BCUT2D eigenvalue weighted by Gasteiger charge is -2.07. The molecular weight excluding hydrogens is 465 g/mol. The molecule has 0 atom stereocenters. The van der Waals surface area contributed by atoms with Crippen LogP contribution in [0.15, 0.2) is 86.5 Å². The Morgan fingerprint density at radius 1 is 0.943 bits per heavy atom. The monoisotopic (exact) mass is 480 g/mol. The van der Waals surface area contributed by atoms with Crippen LogP contribution in [-0.4, -0.2) is 15.2 Å². The summed E-state index contributed by atoms with van der Waals surface area (Å²) in [6.07, 6.45) is -4.49. The van der Waals surface area contributed by atoms with Gasteiger partial charge in [-0.15, -0.1) is 0 Å². The molecule has 5 aromatic rings. The zero-order valence-corrected chi connectivity index (χ0v) is 17.7. The first-order valence-electron chi connectivity index (χ1n) is 10.3. The van der Waals surface area contributed by atoms with Crippen LogP contribution in [0.1, 0.15) is 11.5 Å². The number of phenols is 1. The van der Waals surface area contributed by atoms with Crippen molar-refractivity contribution in [1.29, 1.82) is 0 Å². The second kappa shape index (κ2) is 8.64. The number of fused-ring (bicyclic) bond motifs is 1. The van der Waals surface area contributed by atoms with Gasteiger partial charge in [0.25, 0.3) is 5.89 Å². The van der Waals surface area contributed by atoms with Crippen LogP contribution in [0.3, 0.4) is 0 Å². The van der Waals surface area contributed by atoms with E-state index in [9.17, 15) is 23.1 Å². The maximum absolute atomic E-state index is 12.9. The molecule has 0 aliphatic carbocycles. The van der Waals surface area contributed by atoms with Gasteiger partial charge in [0.1, 0.15) is 22.8 Å². The Morgan fingerprint density at radius 3 is 2.51 bits per heavy atom. The topological polar surface area (TPSA) is 98.6 Å². The summed E-state index contributed by atoms with van der Waals surface area (Å²) in [5, 5.41) is 13.5. The van der Waals surface area contributed by atoms with Crippen molar-refractivity contribution in [2.24, 2.45) is 0 Å². The van der Waals surface area contributed by atoms with Crippen LogP contribution >= 0.6 is 0 Å². The minimum Gasteiger partial charge on any atom is -0.508 e. The second-order valence-electron chi connectivity index (χ2n) is 7.56. The molecular formula is C25H15F3N2O5. The Balaban J connectivity index is 1.36. The van der Waals surface area contributed by atoms with Crippen LogP contribution in [0.25, 0.3) is 33.7 Å². The first-order chi connectivity index (χ1) is 16.8. The highest BCUT2D eigenvalue weighted by molar-refractivity contribution is 5.80. The van der Waals surface area contributed by atoms with Gasteiger partial charge in [-0.05, 0) is 48.5 Å². The summed E-state index contributed by atoms with van der Waals surface area (Å²) in [5.41, 5.74) is -0.0103. The molecule has 1 N–H and O–H groups in total. The average molecular weight is 480 g/mol. The van der Waals surface area contributed by atoms with E-state index in [0.717, 1.165) is 12.1 Å². The molecule has 2 heterocycles. The molecule has 0 aliphatic rings. The van der Waals surface area contributed by atoms with Gasteiger partial charge < -0.3 is 18.8 Å². The number of aromatic nitrogens is 2. The highest BCUT2D eigenvalue weighted by Gasteiger charge is 2.30. The lowest BCUT2D eigenvalue weighted by atomic mass is 10.1. The molecule has 0 spiro atoms. The Bertz CT molecular complexity index is 1570. The predicted molar refractivity (Wildman–Crippen MR) is 119 cm³/mol. The third-order valence-corrected chi connectivity index (χ3v) is 5.13. The number of ether oxygens (including phenoxy) is 1. The van der Waals surface area contributed by atoms with Gasteiger partial charge in [-0.3, -0.25) is 4.79 Å². The van der Waals surface area contributed by atoms with E-state index in [1.165, 1.54) is 36.4 Å². The summed E-state index contributed by atoms with van der Waals surface area (Å²) in [7, 11) is 0. The summed E-state index contributed by atoms with van der Waals surface area (Å²) in [6.45, 7) is -0.153. The van der Waals surface area contributed by atoms with Crippen molar-refractivity contribution in [1.82, 2.24) is 10.1 Å². The third-order valence-electron chi connectivity index (χ3n) is 5.13. The number of rotatable bonds is 5. The van der Waals surface area contributed by atoms with E-state index in [2.05, 4.69) is 10.1 Å². The van der Waals surface area contributed by atoms with Gasteiger partial charge in [0.15, 0.2) is 12.0 Å². The van der Waals surface area contributed by atoms with Crippen LogP contribution in [0.4, 0.5) is 13.2 Å². The minimum atomic E-state index is -4.49. The number of nitrogens with zero attached hydrogens (tertiary/aromatic N) is 2. The van der Waals surface area contributed by atoms with Gasteiger partial charge >= 0.3 is 6.18 Å². The molecule has 0 fully saturated rings. The first kappa shape index (κ1) is 22.2. The molecule has 0 aliphatic heterocycles. The number of hydrogen-bond acceptors (Lipinski definition) is 7. The zero-order chi connectivity index (χ0) is 24.6. The molecule has 5 rings (SSSR count). The molecule has 0 saturated heterocycles. The standard InChI is InChI=1S/C25H15F3N2O5/c26-25(27,28)16-3-1-2-15(10-16)24-29-23(35-30-24)13-33-18-8-9-19-20(32)12-21(34-22(19)11-18)14-4-6-17(31)7-5-14/h1-12,31H,13H2. The fourth-order valence-electron chi connectivity index (χ4n) is 3.40. The Labute approximate surface area is 195 Å². The van der Waals surface area contributed by atoms with E-state index in [1.54, 1.807) is 24.3 Å². The molecule has 176 valence electrons. The van der Waals surface area contributed by atoms with Gasteiger partial charge in [0.05, 0.1) is 10.9 Å². The van der Waals surface area contributed by atoms with E-state index >= 15 is 0 Å². The molecule has 0 bridgehead atoms. The quantitative estimate of drug-likeness (QED) is 0.339. The SMILES string of the molecule is O=c1cc(-c2ccc(O)cc2)oc2cc(OCc3nc(-c4cccc(C(F)(F)F)c4)no3)ccc12. The molecule has 7 nitrogen and oxygen atoms in total. The third kappa shape index (κ3) is 4.72. The molecule has 0 amide bonds. The summed E-state index contributed by atoms with van der Waals surface area (Å²) in [4.78, 5) is 16.6. The fraction of sp³-hybridized carbons (Fsp3) is 0.0800. The normalized spacial score (nSPS) is 11.6. The van der Waals surface area contributed by atoms with Gasteiger partial charge in [-0.2, -0.15) is 18.2 Å². The molecule has 0 radical (unpaired) electrons. The van der Waals surface area contributed by atoms with Crippen molar-refractivity contribution in [2.75, 3.05) is 0 Å². The van der Waals surface area contributed by atoms with Crippen molar-refractivity contribution in [3.05, 3.63) is 94.5 Å². The zero-order valence-electron chi connectivity index (χ0n) is 17.7. The van der Waals surface area contributed by atoms with Crippen molar-refractivity contribution >= 4 is 11.0 Å². The van der Waals surface area contributed by atoms with Crippen molar-refractivity contribution in [3.8, 4) is 34.2 Å². The van der Waals surface area contributed by atoms with E-state index in [-0.39, 0.29) is 40.6 Å². The van der Waals surface area contributed by atoms with Crippen LogP contribution in [0, 0.1) is 0 Å². The second-order valence-corrected chi connectivity index (χ2v) is 7.56.